The van der Waals surface area contributed by atoms with Gasteiger partial charge in [-0.15, -0.1) is 29.3 Å². The van der Waals surface area contributed by atoms with Crippen molar-refractivity contribution in [1.29, 1.82) is 0 Å². The van der Waals surface area contributed by atoms with Crippen LogP contribution in [0.5, 0.6) is 5.75 Å². The summed E-state index contributed by atoms with van der Waals surface area (Å²) in [5.74, 6) is 0.912. The summed E-state index contributed by atoms with van der Waals surface area (Å²) in [5, 5.41) is 12.6. The van der Waals surface area contributed by atoms with Crippen LogP contribution in [0, 0.1) is 6.07 Å². The molecule has 0 aliphatic heterocycles. The van der Waals surface area contributed by atoms with Gasteiger partial charge in [0.05, 0.1) is 22.3 Å². The number of hydrogen-bond donors (Lipinski definition) is 1. The van der Waals surface area contributed by atoms with Gasteiger partial charge in [0.15, 0.2) is 0 Å². The van der Waals surface area contributed by atoms with Gasteiger partial charge in [-0.1, -0.05) is 201 Å². The van der Waals surface area contributed by atoms with Gasteiger partial charge in [0.1, 0.15) is 11.6 Å². The van der Waals surface area contributed by atoms with Gasteiger partial charge < -0.3 is 5.11 Å². The van der Waals surface area contributed by atoms with Crippen molar-refractivity contribution in [3.05, 3.63) is 193 Å². The van der Waals surface area contributed by atoms with Crippen molar-refractivity contribution in [2.24, 2.45) is 0 Å². The minimum absolute atomic E-state index is 0. The second-order valence-corrected chi connectivity index (χ2v) is 20.1. The molecule has 0 saturated carbocycles. The molecule has 0 aliphatic carbocycles. The van der Waals surface area contributed by atoms with E-state index < -0.39 is 0 Å². The number of aromatic hydroxyl groups is 1. The van der Waals surface area contributed by atoms with E-state index in [4.69, 9.17) is 9.97 Å². The van der Waals surface area contributed by atoms with Crippen LogP contribution in [0.3, 0.4) is 0 Å². The van der Waals surface area contributed by atoms with Gasteiger partial charge >= 0.3 is 0 Å². The zero-order valence-corrected chi connectivity index (χ0v) is 41.0. The average molecular weight is 1030 g/mol. The van der Waals surface area contributed by atoms with Crippen LogP contribution in [-0.4, -0.2) is 19.6 Å². The summed E-state index contributed by atoms with van der Waals surface area (Å²) in [6.45, 7) is 19.9. The zero-order valence-electron chi connectivity index (χ0n) is 38.8. The second-order valence-electron chi connectivity index (χ2n) is 20.1. The van der Waals surface area contributed by atoms with Crippen LogP contribution < -0.4 is 0 Å². The maximum atomic E-state index is 12.6. The first-order chi connectivity index (χ1) is 30.5. The van der Waals surface area contributed by atoms with E-state index in [9.17, 15) is 5.11 Å². The molecule has 5 heteroatoms. The Morgan fingerprint density at radius 3 is 1.65 bits per heavy atom. The van der Waals surface area contributed by atoms with Crippen molar-refractivity contribution in [1.82, 2.24) is 14.5 Å². The number of aromatic nitrogens is 3. The van der Waals surface area contributed by atoms with Gasteiger partial charge in [-0.05, 0) is 73.9 Å². The molecular formula is C60H56N3OPt-. The number of nitrogens with zero attached hydrogens (tertiary/aromatic N) is 3. The topological polar surface area (TPSA) is 50.9 Å². The molecule has 0 fully saturated rings. The van der Waals surface area contributed by atoms with E-state index in [1.165, 1.54) is 5.56 Å². The molecule has 2 heterocycles. The Morgan fingerprint density at radius 2 is 1.05 bits per heavy atom. The zero-order chi connectivity index (χ0) is 45.0. The number of hydrogen-bond acceptors (Lipinski definition) is 3. The molecular weight excluding hydrogens is 974 g/mol. The van der Waals surface area contributed by atoms with Crippen molar-refractivity contribution >= 4 is 11.0 Å². The fourth-order valence-corrected chi connectivity index (χ4v) is 8.61. The number of fused-ring (bicyclic) bond motifs is 1. The second kappa shape index (κ2) is 17.6. The smallest absolute Gasteiger partial charge is 0.148 e. The van der Waals surface area contributed by atoms with Crippen molar-refractivity contribution in [2.75, 3.05) is 0 Å². The summed E-state index contributed by atoms with van der Waals surface area (Å²) in [5.41, 5.74) is 16.1. The quantitative estimate of drug-likeness (QED) is 0.162. The van der Waals surface area contributed by atoms with Gasteiger partial charge in [0, 0.05) is 44.1 Å². The molecule has 328 valence electrons. The Hall–Kier alpha value is -6.35. The van der Waals surface area contributed by atoms with Crippen LogP contribution in [0.4, 0.5) is 0 Å². The van der Waals surface area contributed by atoms with E-state index >= 15 is 0 Å². The number of phenolic OH excluding ortho intramolecular Hbond substituents is 1. The van der Waals surface area contributed by atoms with Crippen molar-refractivity contribution in [3.63, 3.8) is 0 Å². The molecule has 4 nitrogen and oxygen atoms in total. The molecule has 9 aromatic rings. The molecule has 0 atom stereocenters. The predicted octanol–water partition coefficient (Wildman–Crippen LogP) is 15.8. The van der Waals surface area contributed by atoms with Crippen LogP contribution in [0.15, 0.2) is 170 Å². The van der Waals surface area contributed by atoms with E-state index in [0.717, 1.165) is 83.6 Å². The summed E-state index contributed by atoms with van der Waals surface area (Å²) < 4.78 is 2.28. The Morgan fingerprint density at radius 1 is 0.477 bits per heavy atom. The Bertz CT molecular complexity index is 3150. The van der Waals surface area contributed by atoms with Crippen LogP contribution in [0.25, 0.3) is 83.9 Å². The van der Waals surface area contributed by atoms with E-state index in [2.05, 4.69) is 231 Å². The van der Waals surface area contributed by atoms with Crippen LogP contribution >= 0.6 is 0 Å². The molecule has 0 bridgehead atoms. The van der Waals surface area contributed by atoms with Crippen LogP contribution in [0.1, 0.15) is 79.0 Å². The first kappa shape index (κ1) is 45.2. The van der Waals surface area contributed by atoms with Crippen LogP contribution in [0.2, 0.25) is 0 Å². The minimum Gasteiger partial charge on any atom is -0.507 e. The number of para-hydroxylation sites is 1. The first-order valence-corrected chi connectivity index (χ1v) is 22.3. The summed E-state index contributed by atoms with van der Waals surface area (Å²) in [6.07, 6.45) is 1.89. The molecule has 1 N–H and O–H groups in total. The fraction of sp³-hybridized carbons (Fsp3) is 0.200. The van der Waals surface area contributed by atoms with Crippen LogP contribution in [-0.2, 0) is 37.3 Å². The third-order valence-electron chi connectivity index (χ3n) is 12.3. The van der Waals surface area contributed by atoms with E-state index in [1.807, 2.05) is 12.3 Å². The number of benzene rings is 7. The molecule has 2 aromatic heterocycles. The monoisotopic (exact) mass is 1030 g/mol. The SMILES string of the molecule is CC(C)(C)c1cc(-c2cc(-c3ccccc3)ccn2)[c-]c(-c2cccc3c2nc(-c2cc(C(C)(C)C)cc(C(C)(C)C)c2O)n3-c2cc(-c3ccccc3)ccc2-c2ccccc2)c1.[Pt]. The van der Waals surface area contributed by atoms with Gasteiger partial charge in [0.2, 0.25) is 0 Å². The maximum absolute atomic E-state index is 12.6. The largest absolute Gasteiger partial charge is 0.507 e. The number of imidazole rings is 1. The Kier molecular flexibility index (Phi) is 12.2. The van der Waals surface area contributed by atoms with Gasteiger partial charge in [-0.2, -0.15) is 0 Å². The average Bonchev–Trinajstić information content (AvgIpc) is 3.68. The predicted molar refractivity (Wildman–Crippen MR) is 268 cm³/mol. The molecule has 0 spiro atoms. The summed E-state index contributed by atoms with van der Waals surface area (Å²) in [7, 11) is 0. The third-order valence-corrected chi connectivity index (χ3v) is 12.3. The first-order valence-electron chi connectivity index (χ1n) is 22.3. The van der Waals surface area contributed by atoms with E-state index in [1.54, 1.807) is 0 Å². The summed E-state index contributed by atoms with van der Waals surface area (Å²) in [4.78, 5) is 10.6. The normalized spacial score (nSPS) is 12.0. The summed E-state index contributed by atoms with van der Waals surface area (Å²) >= 11 is 0. The van der Waals surface area contributed by atoms with Crippen molar-refractivity contribution in [3.8, 4) is 78.6 Å². The Labute approximate surface area is 399 Å². The van der Waals surface area contributed by atoms with Crippen molar-refractivity contribution < 1.29 is 26.2 Å². The van der Waals surface area contributed by atoms with E-state index in [0.29, 0.717) is 11.4 Å². The molecule has 9 rings (SSSR count). The van der Waals surface area contributed by atoms with Gasteiger partial charge in [0.25, 0.3) is 0 Å². The summed E-state index contributed by atoms with van der Waals surface area (Å²) in [6, 6.07) is 61.6. The molecule has 0 radical (unpaired) electrons. The molecule has 7 aromatic carbocycles. The molecule has 0 amide bonds. The van der Waals surface area contributed by atoms with Crippen molar-refractivity contribution in [2.45, 2.75) is 78.6 Å². The molecule has 65 heavy (non-hydrogen) atoms. The minimum atomic E-state index is -0.338. The van der Waals surface area contributed by atoms with Gasteiger partial charge in [-0.3, -0.25) is 9.55 Å². The third kappa shape index (κ3) is 9.02. The molecule has 0 aliphatic rings. The number of pyridine rings is 1. The van der Waals surface area contributed by atoms with E-state index in [-0.39, 0.29) is 43.1 Å². The molecule has 0 unspecified atom stereocenters. The number of phenols is 1. The van der Waals surface area contributed by atoms with Gasteiger partial charge in [-0.25, -0.2) is 4.98 Å². The Balaban J connectivity index is 0.00000576. The standard InChI is InChI=1S/C60H56N3O.Pt/c1-58(2,3)46-33-44(32-45(34-46)52-35-43(30-31-61-52)40-22-15-11-16-23-40)49-26-19-27-53-55(49)62-57(50-37-47(59(4,5)6)38-51(56(50)64)60(7,8)9)63(53)54-36-42(39-20-13-10-14-21-39)28-29-48(54)41-24-17-12-18-25-41;/h10-31,33-38,64H,1-9H3;/q-1;. The molecule has 0 saturated heterocycles. The fourth-order valence-electron chi connectivity index (χ4n) is 8.61. The number of rotatable bonds is 7. The maximum Gasteiger partial charge on any atom is 0.148 e.